The molecule has 3 unspecified atom stereocenters. The zero-order valence-electron chi connectivity index (χ0n) is 9.07. The maximum Gasteiger partial charge on any atom is 0.320 e. The van der Waals surface area contributed by atoms with Gasteiger partial charge in [0.25, 0.3) is 0 Å². The van der Waals surface area contributed by atoms with E-state index < -0.39 is 12.0 Å². The zero-order valence-corrected chi connectivity index (χ0v) is 9.07. The van der Waals surface area contributed by atoms with Gasteiger partial charge < -0.3 is 10.8 Å². The fraction of sp³-hybridized carbons (Fsp3) is 0.909. The molecule has 14 heavy (non-hydrogen) atoms. The first-order valence-electron chi connectivity index (χ1n) is 5.50. The summed E-state index contributed by atoms with van der Waals surface area (Å²) in [6.07, 6.45) is 4.57. The van der Waals surface area contributed by atoms with E-state index in [0.29, 0.717) is 18.3 Å². The van der Waals surface area contributed by atoms with Crippen LogP contribution in [0.3, 0.4) is 0 Å². The molecule has 0 aromatic rings. The van der Waals surface area contributed by atoms with Crippen LogP contribution in [-0.2, 0) is 4.79 Å². The quantitative estimate of drug-likeness (QED) is 0.710. The predicted molar refractivity (Wildman–Crippen MR) is 55.9 cm³/mol. The lowest BCUT2D eigenvalue weighted by Gasteiger charge is -2.35. The van der Waals surface area contributed by atoms with Crippen molar-refractivity contribution >= 4 is 5.97 Å². The summed E-state index contributed by atoms with van der Waals surface area (Å²) < 4.78 is 0. The van der Waals surface area contributed by atoms with Crippen molar-refractivity contribution in [3.63, 3.8) is 0 Å². The summed E-state index contributed by atoms with van der Waals surface area (Å²) in [5.41, 5.74) is 5.52. The van der Waals surface area contributed by atoms with Crippen LogP contribution >= 0.6 is 0 Å². The summed E-state index contributed by atoms with van der Waals surface area (Å²) in [5, 5.41) is 8.70. The van der Waals surface area contributed by atoms with Gasteiger partial charge in [0, 0.05) is 0 Å². The Morgan fingerprint density at radius 1 is 1.50 bits per heavy atom. The van der Waals surface area contributed by atoms with Crippen molar-refractivity contribution in [1.82, 2.24) is 0 Å². The fourth-order valence-corrected chi connectivity index (χ4v) is 2.15. The monoisotopic (exact) mass is 199 g/mol. The number of hydrogen-bond donors (Lipinski definition) is 2. The third-order valence-electron chi connectivity index (χ3n) is 3.73. The number of carbonyl (C=O) groups is 1. The normalized spacial score (nSPS) is 23.6. The highest BCUT2D eigenvalue weighted by atomic mass is 16.4. The maximum atomic E-state index is 10.6. The number of carboxylic acid groups (broad SMARTS) is 1. The molecule has 0 aromatic carbocycles. The number of rotatable bonds is 5. The van der Waals surface area contributed by atoms with Gasteiger partial charge in [-0.05, 0) is 24.2 Å². The molecule has 3 N–H and O–H groups in total. The molecule has 0 aromatic heterocycles. The smallest absolute Gasteiger partial charge is 0.320 e. The first-order valence-corrected chi connectivity index (χ1v) is 5.50. The van der Waals surface area contributed by atoms with Crippen molar-refractivity contribution in [3.8, 4) is 0 Å². The van der Waals surface area contributed by atoms with E-state index in [1.54, 1.807) is 0 Å². The largest absolute Gasteiger partial charge is 0.480 e. The molecule has 0 amide bonds. The molecule has 3 atom stereocenters. The Morgan fingerprint density at radius 3 is 2.43 bits per heavy atom. The van der Waals surface area contributed by atoms with Crippen molar-refractivity contribution in [2.75, 3.05) is 0 Å². The molecule has 0 radical (unpaired) electrons. The average Bonchev–Trinajstić information content (AvgIpc) is 2.00. The van der Waals surface area contributed by atoms with E-state index in [-0.39, 0.29) is 0 Å². The van der Waals surface area contributed by atoms with Gasteiger partial charge in [0.05, 0.1) is 0 Å². The molecule has 3 heteroatoms. The highest BCUT2D eigenvalue weighted by molar-refractivity contribution is 5.73. The molecule has 0 aliphatic heterocycles. The van der Waals surface area contributed by atoms with E-state index in [9.17, 15) is 4.79 Å². The molecule has 0 bridgehead atoms. The second kappa shape index (κ2) is 4.78. The van der Waals surface area contributed by atoms with Crippen molar-refractivity contribution in [2.45, 2.75) is 45.6 Å². The van der Waals surface area contributed by atoms with Crippen LogP contribution in [0.5, 0.6) is 0 Å². The molecule has 1 aliphatic carbocycles. The second-order valence-electron chi connectivity index (χ2n) is 4.71. The van der Waals surface area contributed by atoms with E-state index in [1.165, 1.54) is 19.3 Å². The van der Waals surface area contributed by atoms with Gasteiger partial charge in [0.2, 0.25) is 0 Å². The Labute approximate surface area is 85.7 Å². The summed E-state index contributed by atoms with van der Waals surface area (Å²) in [6.45, 7) is 4.34. The first kappa shape index (κ1) is 11.5. The van der Waals surface area contributed by atoms with Crippen LogP contribution in [0.25, 0.3) is 0 Å². The molecule has 0 spiro atoms. The highest BCUT2D eigenvalue weighted by Crippen LogP contribution is 2.37. The SMILES string of the molecule is CC(CC(N)C(=O)O)C(C)C1CCC1. The Balaban J connectivity index is 2.32. The van der Waals surface area contributed by atoms with E-state index in [1.807, 2.05) is 0 Å². The summed E-state index contributed by atoms with van der Waals surface area (Å²) in [7, 11) is 0. The lowest BCUT2D eigenvalue weighted by molar-refractivity contribution is -0.139. The maximum absolute atomic E-state index is 10.6. The number of carboxylic acids is 1. The Hall–Kier alpha value is -0.570. The Kier molecular flexibility index (Phi) is 3.93. The molecule has 1 aliphatic rings. The molecule has 1 fully saturated rings. The predicted octanol–water partition coefficient (Wildman–Crippen LogP) is 1.86. The Bertz CT molecular complexity index is 201. The summed E-state index contributed by atoms with van der Waals surface area (Å²) in [5.74, 6) is 0.976. The van der Waals surface area contributed by atoms with E-state index in [2.05, 4.69) is 13.8 Å². The average molecular weight is 199 g/mol. The number of aliphatic carboxylic acids is 1. The summed E-state index contributed by atoms with van der Waals surface area (Å²) in [6, 6.07) is -0.687. The van der Waals surface area contributed by atoms with Crippen molar-refractivity contribution < 1.29 is 9.90 Å². The second-order valence-corrected chi connectivity index (χ2v) is 4.71. The summed E-state index contributed by atoms with van der Waals surface area (Å²) in [4.78, 5) is 10.6. The van der Waals surface area contributed by atoms with E-state index in [0.717, 1.165) is 5.92 Å². The van der Waals surface area contributed by atoms with Gasteiger partial charge in [-0.25, -0.2) is 0 Å². The van der Waals surface area contributed by atoms with Gasteiger partial charge in [0.15, 0.2) is 0 Å². The van der Waals surface area contributed by atoms with E-state index >= 15 is 0 Å². The number of nitrogens with two attached hydrogens (primary N) is 1. The topological polar surface area (TPSA) is 63.3 Å². The lowest BCUT2D eigenvalue weighted by Crippen LogP contribution is -2.35. The third kappa shape index (κ3) is 2.71. The molecule has 82 valence electrons. The van der Waals surface area contributed by atoms with Crippen LogP contribution in [0.4, 0.5) is 0 Å². The van der Waals surface area contributed by atoms with Crippen LogP contribution in [-0.4, -0.2) is 17.1 Å². The van der Waals surface area contributed by atoms with Crippen LogP contribution < -0.4 is 5.73 Å². The van der Waals surface area contributed by atoms with Gasteiger partial charge >= 0.3 is 5.97 Å². The fourth-order valence-electron chi connectivity index (χ4n) is 2.15. The highest BCUT2D eigenvalue weighted by Gasteiger charge is 2.29. The molecule has 0 heterocycles. The van der Waals surface area contributed by atoms with Gasteiger partial charge in [-0.2, -0.15) is 0 Å². The Morgan fingerprint density at radius 2 is 2.07 bits per heavy atom. The minimum atomic E-state index is -0.877. The molecule has 1 saturated carbocycles. The summed E-state index contributed by atoms with van der Waals surface area (Å²) >= 11 is 0. The van der Waals surface area contributed by atoms with Crippen LogP contribution in [0, 0.1) is 17.8 Å². The van der Waals surface area contributed by atoms with Crippen LogP contribution in [0.15, 0.2) is 0 Å². The van der Waals surface area contributed by atoms with E-state index in [4.69, 9.17) is 10.8 Å². The molecular weight excluding hydrogens is 178 g/mol. The van der Waals surface area contributed by atoms with Crippen molar-refractivity contribution in [2.24, 2.45) is 23.5 Å². The number of hydrogen-bond acceptors (Lipinski definition) is 2. The molecule has 3 nitrogen and oxygen atoms in total. The van der Waals surface area contributed by atoms with Gasteiger partial charge in [0.1, 0.15) is 6.04 Å². The van der Waals surface area contributed by atoms with Crippen LogP contribution in [0.2, 0.25) is 0 Å². The minimum Gasteiger partial charge on any atom is -0.480 e. The molecular formula is C11H21NO2. The van der Waals surface area contributed by atoms with Gasteiger partial charge in [-0.1, -0.05) is 33.1 Å². The molecule has 0 saturated heterocycles. The zero-order chi connectivity index (χ0) is 10.7. The first-order chi connectivity index (χ1) is 6.52. The van der Waals surface area contributed by atoms with Gasteiger partial charge in [-0.15, -0.1) is 0 Å². The standard InChI is InChI=1S/C11H21NO2/c1-7(6-10(12)11(13)14)8(2)9-4-3-5-9/h7-10H,3-6,12H2,1-2H3,(H,13,14). The third-order valence-corrected chi connectivity index (χ3v) is 3.73. The van der Waals surface area contributed by atoms with Crippen LogP contribution in [0.1, 0.15) is 39.5 Å². The van der Waals surface area contributed by atoms with Crippen molar-refractivity contribution in [3.05, 3.63) is 0 Å². The lowest BCUT2D eigenvalue weighted by atomic mass is 9.71. The van der Waals surface area contributed by atoms with Crippen molar-refractivity contribution in [1.29, 1.82) is 0 Å². The minimum absolute atomic E-state index is 0.423. The van der Waals surface area contributed by atoms with Gasteiger partial charge in [-0.3, -0.25) is 4.79 Å². The molecule has 1 rings (SSSR count).